The van der Waals surface area contributed by atoms with Gasteiger partial charge in [-0.15, -0.1) is 0 Å². The Hall–Kier alpha value is -2.64. The maximum Gasteiger partial charge on any atom is 0.215 e. The number of carbonyl (C=O) groups excluding carboxylic acids is 1. The zero-order valence-corrected chi connectivity index (χ0v) is 17.3. The molecule has 1 fully saturated rings. The zero-order chi connectivity index (χ0) is 20.5. The van der Waals surface area contributed by atoms with Crippen LogP contribution in [0.4, 0.5) is 11.5 Å². The van der Waals surface area contributed by atoms with Crippen molar-refractivity contribution in [3.8, 4) is 5.88 Å². The van der Waals surface area contributed by atoms with Crippen LogP contribution < -0.4 is 15.0 Å². The molecule has 0 aliphatic carbocycles. The van der Waals surface area contributed by atoms with Crippen molar-refractivity contribution in [3.63, 3.8) is 0 Å². The first-order chi connectivity index (χ1) is 14.2. The lowest BCUT2D eigenvalue weighted by atomic mass is 10.1. The Kier molecular flexibility index (Phi) is 7.84. The van der Waals surface area contributed by atoms with E-state index in [1.165, 1.54) is 31.5 Å². The highest BCUT2D eigenvalue weighted by Gasteiger charge is 2.15. The Morgan fingerprint density at radius 3 is 2.48 bits per heavy atom. The van der Waals surface area contributed by atoms with Crippen LogP contribution in [0.2, 0.25) is 0 Å². The molecule has 3 rings (SSSR count). The van der Waals surface area contributed by atoms with Gasteiger partial charge in [0.1, 0.15) is 6.61 Å². The van der Waals surface area contributed by atoms with Gasteiger partial charge in [-0.05, 0) is 43.1 Å². The smallest absolute Gasteiger partial charge is 0.215 e. The molecule has 0 radical (unpaired) electrons. The molecule has 0 atom stereocenters. The second-order valence-corrected chi connectivity index (χ2v) is 7.14. The summed E-state index contributed by atoms with van der Waals surface area (Å²) in [6.07, 6.45) is 3.39. The summed E-state index contributed by atoms with van der Waals surface area (Å²) in [6, 6.07) is 12.1. The van der Waals surface area contributed by atoms with Crippen molar-refractivity contribution >= 4 is 17.9 Å². The van der Waals surface area contributed by atoms with Gasteiger partial charge in [-0.1, -0.05) is 24.3 Å². The third-order valence-electron chi connectivity index (χ3n) is 5.04. The summed E-state index contributed by atoms with van der Waals surface area (Å²) in [5.41, 5.74) is 3.12. The second-order valence-electron chi connectivity index (χ2n) is 7.14. The minimum atomic E-state index is 0.404. The van der Waals surface area contributed by atoms with E-state index in [0.717, 1.165) is 24.2 Å². The maximum absolute atomic E-state index is 11.8. The van der Waals surface area contributed by atoms with Gasteiger partial charge in [-0.3, -0.25) is 14.6 Å². The molecule has 2 aromatic rings. The number of methoxy groups -OCH3 is 1. The predicted molar refractivity (Wildman–Crippen MR) is 114 cm³/mol. The summed E-state index contributed by atoms with van der Waals surface area (Å²) >= 11 is 0. The van der Waals surface area contributed by atoms with Gasteiger partial charge in [0.15, 0.2) is 5.82 Å². The molecule has 1 aliphatic heterocycles. The van der Waals surface area contributed by atoms with Crippen molar-refractivity contribution in [3.05, 3.63) is 47.5 Å². The molecule has 0 unspecified atom stereocenters. The monoisotopic (exact) mass is 398 g/mol. The Morgan fingerprint density at radius 1 is 1.10 bits per heavy atom. The summed E-state index contributed by atoms with van der Waals surface area (Å²) < 4.78 is 10.6. The Bertz CT molecular complexity index is 776. The number of hydrogen-bond donors (Lipinski definition) is 1. The van der Waals surface area contributed by atoms with Crippen LogP contribution in [0.25, 0.3) is 0 Å². The van der Waals surface area contributed by atoms with Crippen LogP contribution in [-0.2, 0) is 22.6 Å². The molecule has 156 valence electrons. The molecule has 7 nitrogen and oxygen atoms in total. The molecule has 29 heavy (non-hydrogen) atoms. The average Bonchev–Trinajstić information content (AvgIpc) is 3.26. The highest BCUT2D eigenvalue weighted by molar-refractivity contribution is 5.81. The highest BCUT2D eigenvalue weighted by Crippen LogP contribution is 2.27. The lowest BCUT2D eigenvalue weighted by Gasteiger charge is -2.21. The van der Waals surface area contributed by atoms with Crippen LogP contribution in [0.15, 0.2) is 36.4 Å². The number of aromatic nitrogens is 1. The van der Waals surface area contributed by atoms with E-state index in [1.54, 1.807) is 18.1 Å². The van der Waals surface area contributed by atoms with Crippen molar-refractivity contribution in [2.45, 2.75) is 25.9 Å². The Morgan fingerprint density at radius 2 is 1.83 bits per heavy atom. The topological polar surface area (TPSA) is 66.9 Å². The Labute approximate surface area is 172 Å². The van der Waals surface area contributed by atoms with Gasteiger partial charge in [0.2, 0.25) is 12.3 Å². The number of nitrogens with one attached hydrogen (secondary N) is 1. The predicted octanol–water partition coefficient (Wildman–Crippen LogP) is 2.91. The lowest BCUT2D eigenvalue weighted by molar-refractivity contribution is -0.107. The van der Waals surface area contributed by atoms with E-state index in [1.807, 2.05) is 13.1 Å². The summed E-state index contributed by atoms with van der Waals surface area (Å²) in [5.74, 6) is 1.00. The van der Waals surface area contributed by atoms with E-state index in [9.17, 15) is 4.79 Å². The molecule has 2 heterocycles. The van der Waals surface area contributed by atoms with E-state index in [-0.39, 0.29) is 0 Å². The van der Waals surface area contributed by atoms with Crippen LogP contribution in [0.1, 0.15) is 24.0 Å². The van der Waals surface area contributed by atoms with Crippen LogP contribution in [-0.4, -0.2) is 56.8 Å². The molecule has 1 aliphatic rings. The van der Waals surface area contributed by atoms with E-state index in [0.29, 0.717) is 31.5 Å². The van der Waals surface area contributed by atoms with Gasteiger partial charge in [0.25, 0.3) is 0 Å². The Balaban J connectivity index is 1.69. The third-order valence-corrected chi connectivity index (χ3v) is 5.04. The van der Waals surface area contributed by atoms with Crippen molar-refractivity contribution < 1.29 is 14.3 Å². The number of rotatable bonds is 11. The van der Waals surface area contributed by atoms with Crippen LogP contribution in [0.3, 0.4) is 0 Å². The largest absolute Gasteiger partial charge is 0.475 e. The molecule has 1 aromatic carbocycles. The fourth-order valence-corrected chi connectivity index (χ4v) is 3.46. The molecule has 1 amide bonds. The van der Waals surface area contributed by atoms with Gasteiger partial charge in [0, 0.05) is 26.8 Å². The first kappa shape index (κ1) is 21.1. The van der Waals surface area contributed by atoms with Gasteiger partial charge in [-0.25, -0.2) is 0 Å². The zero-order valence-electron chi connectivity index (χ0n) is 17.3. The minimum absolute atomic E-state index is 0.404. The number of nitrogens with zero attached hydrogens (tertiary/aromatic N) is 3. The fraction of sp³-hybridized carbons (Fsp3) is 0.455. The first-order valence-corrected chi connectivity index (χ1v) is 10.1. The second kappa shape index (κ2) is 10.8. The lowest BCUT2D eigenvalue weighted by Crippen LogP contribution is -2.23. The molecule has 1 saturated heterocycles. The van der Waals surface area contributed by atoms with Crippen LogP contribution in [0, 0.1) is 0 Å². The summed E-state index contributed by atoms with van der Waals surface area (Å²) in [4.78, 5) is 20.4. The highest BCUT2D eigenvalue weighted by atomic mass is 16.5. The maximum atomic E-state index is 11.8. The van der Waals surface area contributed by atoms with Crippen molar-refractivity contribution in [1.29, 1.82) is 0 Å². The van der Waals surface area contributed by atoms with E-state index in [4.69, 9.17) is 9.47 Å². The normalized spacial score (nSPS) is 14.0. The van der Waals surface area contributed by atoms with Crippen molar-refractivity contribution in [2.75, 3.05) is 50.7 Å². The number of likely N-dealkylation sites (tertiary alicyclic amines) is 1. The first-order valence-electron chi connectivity index (χ1n) is 10.1. The van der Waals surface area contributed by atoms with Crippen LogP contribution >= 0.6 is 0 Å². The summed E-state index contributed by atoms with van der Waals surface area (Å²) in [6.45, 7) is 4.68. The standard InChI is InChI=1S/C22H30N4O3/c1-23-20-9-10-21(29-14-13-28-2)24-22(20)26(17-27)16-19-7-5-18(6-8-19)15-25-11-3-4-12-25/h5-10,17,23H,3-4,11-16H2,1-2H3. The molecule has 0 bridgehead atoms. The number of hydrogen-bond acceptors (Lipinski definition) is 6. The molecule has 0 spiro atoms. The average molecular weight is 399 g/mol. The van der Waals surface area contributed by atoms with Gasteiger partial charge in [0.05, 0.1) is 18.8 Å². The third kappa shape index (κ3) is 5.92. The quantitative estimate of drug-likeness (QED) is 0.464. The van der Waals surface area contributed by atoms with Crippen molar-refractivity contribution in [1.82, 2.24) is 9.88 Å². The molecular formula is C22H30N4O3. The molecule has 0 saturated carbocycles. The summed E-state index contributed by atoms with van der Waals surface area (Å²) in [7, 11) is 3.43. The number of pyridine rings is 1. The van der Waals surface area contributed by atoms with Gasteiger partial charge in [-0.2, -0.15) is 4.98 Å². The number of amides is 1. The molecule has 1 aromatic heterocycles. The number of ether oxygens (including phenoxy) is 2. The molecule has 7 heteroatoms. The SMILES string of the molecule is CNc1ccc(OCCOC)nc1N(C=O)Cc1ccc(CN2CCCC2)cc1. The van der Waals surface area contributed by atoms with E-state index >= 15 is 0 Å². The van der Waals surface area contributed by atoms with Crippen LogP contribution in [0.5, 0.6) is 5.88 Å². The minimum Gasteiger partial charge on any atom is -0.475 e. The van der Waals surface area contributed by atoms with E-state index < -0.39 is 0 Å². The fourth-order valence-electron chi connectivity index (χ4n) is 3.46. The number of carbonyl (C=O) groups is 1. The van der Waals surface area contributed by atoms with Gasteiger partial charge >= 0.3 is 0 Å². The molecular weight excluding hydrogens is 368 g/mol. The van der Waals surface area contributed by atoms with Crippen molar-refractivity contribution in [2.24, 2.45) is 0 Å². The van der Waals surface area contributed by atoms with E-state index in [2.05, 4.69) is 39.5 Å². The number of anilines is 2. The number of benzene rings is 1. The molecule has 1 N–H and O–H groups in total. The van der Waals surface area contributed by atoms with Gasteiger partial charge < -0.3 is 14.8 Å². The summed E-state index contributed by atoms with van der Waals surface area (Å²) in [5, 5.41) is 3.09.